The van der Waals surface area contributed by atoms with Gasteiger partial charge in [-0.3, -0.25) is 4.57 Å². The van der Waals surface area contributed by atoms with E-state index < -0.39 is 0 Å². The summed E-state index contributed by atoms with van der Waals surface area (Å²) in [6, 6.07) is 8.11. The number of benzene rings is 1. The first kappa shape index (κ1) is 14.2. The van der Waals surface area contributed by atoms with Gasteiger partial charge in [-0.05, 0) is 17.7 Å². The molecular formula is C16H16FN3O3. The van der Waals surface area contributed by atoms with Gasteiger partial charge in [0.15, 0.2) is 0 Å². The lowest BCUT2D eigenvalue weighted by molar-refractivity contribution is 0.0956. The summed E-state index contributed by atoms with van der Waals surface area (Å²) < 4.78 is 25.9. The third-order valence-electron chi connectivity index (χ3n) is 4.16. The van der Waals surface area contributed by atoms with E-state index in [1.165, 1.54) is 12.1 Å². The van der Waals surface area contributed by atoms with Gasteiger partial charge >= 0.3 is 5.69 Å². The van der Waals surface area contributed by atoms with Crippen LogP contribution in [0.3, 0.4) is 0 Å². The van der Waals surface area contributed by atoms with Crippen LogP contribution in [0.4, 0.5) is 10.2 Å². The van der Waals surface area contributed by atoms with Crippen LogP contribution in [0.2, 0.25) is 0 Å². The van der Waals surface area contributed by atoms with Crippen LogP contribution < -0.4 is 15.3 Å². The Morgan fingerprint density at radius 1 is 1.39 bits per heavy atom. The molecular weight excluding hydrogens is 301 g/mol. The first-order valence-corrected chi connectivity index (χ1v) is 7.54. The summed E-state index contributed by atoms with van der Waals surface area (Å²) in [5.74, 6) is 0.759. The third-order valence-corrected chi connectivity index (χ3v) is 4.16. The van der Waals surface area contributed by atoms with Crippen LogP contribution >= 0.6 is 0 Å². The quantitative estimate of drug-likeness (QED) is 0.851. The van der Waals surface area contributed by atoms with Crippen LogP contribution in [0.15, 0.2) is 35.1 Å². The zero-order chi connectivity index (χ0) is 15.8. The number of halogens is 1. The van der Waals surface area contributed by atoms with Gasteiger partial charge in [-0.2, -0.15) is 4.98 Å². The van der Waals surface area contributed by atoms with Gasteiger partial charge in [-0.15, -0.1) is 0 Å². The summed E-state index contributed by atoms with van der Waals surface area (Å²) >= 11 is 0. The first-order valence-electron chi connectivity index (χ1n) is 7.54. The number of hydrogen-bond acceptors (Lipinski definition) is 5. The highest BCUT2D eigenvalue weighted by Gasteiger charge is 2.33. The van der Waals surface area contributed by atoms with E-state index in [4.69, 9.17) is 9.47 Å². The second-order valence-electron chi connectivity index (χ2n) is 5.69. The maximum atomic E-state index is 13.2. The molecule has 7 heteroatoms. The van der Waals surface area contributed by atoms with Crippen molar-refractivity contribution in [1.82, 2.24) is 9.55 Å². The molecule has 1 aromatic carbocycles. The van der Waals surface area contributed by atoms with E-state index in [0.29, 0.717) is 25.3 Å². The summed E-state index contributed by atoms with van der Waals surface area (Å²) in [5, 5.41) is 0. The highest BCUT2D eigenvalue weighted by molar-refractivity contribution is 5.47. The van der Waals surface area contributed by atoms with Crippen molar-refractivity contribution >= 4 is 5.82 Å². The summed E-state index contributed by atoms with van der Waals surface area (Å²) in [4.78, 5) is 18.3. The Morgan fingerprint density at radius 3 is 3.17 bits per heavy atom. The number of hydrogen-bond donors (Lipinski definition) is 0. The van der Waals surface area contributed by atoms with Crippen molar-refractivity contribution in [3.05, 3.63) is 52.2 Å². The van der Waals surface area contributed by atoms with Crippen molar-refractivity contribution in [2.24, 2.45) is 0 Å². The summed E-state index contributed by atoms with van der Waals surface area (Å²) in [5.41, 5.74) is 0.364. The number of morpholine rings is 1. The number of ether oxygens (including phenoxy) is 2. The van der Waals surface area contributed by atoms with Crippen LogP contribution in [0.1, 0.15) is 5.56 Å². The second kappa shape index (κ2) is 5.66. The molecule has 4 rings (SSSR count). The van der Waals surface area contributed by atoms with Gasteiger partial charge in [0, 0.05) is 12.6 Å². The molecule has 0 unspecified atom stereocenters. The van der Waals surface area contributed by atoms with E-state index >= 15 is 0 Å². The van der Waals surface area contributed by atoms with Crippen molar-refractivity contribution in [3.8, 4) is 5.88 Å². The maximum Gasteiger partial charge on any atom is 0.352 e. The van der Waals surface area contributed by atoms with Gasteiger partial charge < -0.3 is 14.4 Å². The van der Waals surface area contributed by atoms with Crippen molar-refractivity contribution < 1.29 is 13.9 Å². The van der Waals surface area contributed by atoms with E-state index in [0.717, 1.165) is 12.4 Å². The van der Waals surface area contributed by atoms with Crippen molar-refractivity contribution in [1.29, 1.82) is 0 Å². The van der Waals surface area contributed by atoms with E-state index in [-0.39, 0.29) is 30.0 Å². The summed E-state index contributed by atoms with van der Waals surface area (Å²) in [6.07, 6.45) is 0. The molecule has 6 nitrogen and oxygen atoms in total. The standard InChI is InChI=1S/C16H16FN3O3/c17-12-3-1-2-11(6-12)9-23-14-7-15-19-4-5-22-10-13(19)8-20(15)16(21)18-14/h1-3,6-7,13H,4-5,8-10H2/t13-/m0/s1. The lowest BCUT2D eigenvalue weighted by Gasteiger charge is -2.30. The molecule has 0 saturated carbocycles. The number of aromatic nitrogens is 2. The van der Waals surface area contributed by atoms with Gasteiger partial charge in [-0.25, -0.2) is 9.18 Å². The molecule has 1 atom stereocenters. The minimum Gasteiger partial charge on any atom is -0.473 e. The SMILES string of the molecule is O=c1nc(OCc2cccc(F)c2)cc2n1C[C@H]1COCCN21. The molecule has 2 aromatic rings. The number of nitrogens with zero attached hydrogens (tertiary/aromatic N) is 3. The van der Waals surface area contributed by atoms with Crippen LogP contribution in [0.5, 0.6) is 5.88 Å². The Morgan fingerprint density at radius 2 is 2.30 bits per heavy atom. The van der Waals surface area contributed by atoms with E-state index in [1.807, 2.05) is 0 Å². The molecule has 0 radical (unpaired) electrons. The fourth-order valence-electron chi connectivity index (χ4n) is 3.06. The molecule has 2 aliphatic rings. The number of fused-ring (bicyclic) bond motifs is 3. The van der Waals surface area contributed by atoms with Gasteiger partial charge in [-0.1, -0.05) is 12.1 Å². The zero-order valence-electron chi connectivity index (χ0n) is 12.4. The van der Waals surface area contributed by atoms with Crippen molar-refractivity contribution in [2.45, 2.75) is 19.2 Å². The van der Waals surface area contributed by atoms with Crippen molar-refractivity contribution in [3.63, 3.8) is 0 Å². The van der Waals surface area contributed by atoms with E-state index in [1.54, 1.807) is 22.8 Å². The maximum absolute atomic E-state index is 13.2. The number of rotatable bonds is 3. The van der Waals surface area contributed by atoms with Crippen molar-refractivity contribution in [2.75, 3.05) is 24.7 Å². The summed E-state index contributed by atoms with van der Waals surface area (Å²) in [7, 11) is 0. The smallest absolute Gasteiger partial charge is 0.352 e. The van der Waals surface area contributed by atoms with Gasteiger partial charge in [0.2, 0.25) is 5.88 Å². The lowest BCUT2D eigenvalue weighted by Crippen LogP contribution is -2.43. The Labute approximate surface area is 132 Å². The Bertz CT molecular complexity index is 792. The van der Waals surface area contributed by atoms with Crippen LogP contribution in [-0.4, -0.2) is 35.4 Å². The Hall–Kier alpha value is -2.41. The average molecular weight is 317 g/mol. The predicted octanol–water partition coefficient (Wildman–Crippen LogP) is 1.18. The zero-order valence-corrected chi connectivity index (χ0v) is 12.4. The minimum atomic E-state index is -0.328. The molecule has 0 bridgehead atoms. The van der Waals surface area contributed by atoms with Crippen LogP contribution in [0, 0.1) is 5.82 Å². The van der Waals surface area contributed by atoms with E-state index in [2.05, 4.69) is 9.88 Å². The van der Waals surface area contributed by atoms with Gasteiger partial charge in [0.05, 0.1) is 25.8 Å². The number of anilines is 1. The fourth-order valence-corrected chi connectivity index (χ4v) is 3.06. The molecule has 0 N–H and O–H groups in total. The molecule has 0 aliphatic carbocycles. The normalized spacial score (nSPS) is 19.3. The molecule has 0 amide bonds. The average Bonchev–Trinajstić information content (AvgIpc) is 2.93. The van der Waals surface area contributed by atoms with Gasteiger partial charge in [0.1, 0.15) is 18.2 Å². The largest absolute Gasteiger partial charge is 0.473 e. The fraction of sp³-hybridized carbons (Fsp3) is 0.375. The highest BCUT2D eigenvalue weighted by Crippen LogP contribution is 2.28. The minimum absolute atomic E-state index is 0.167. The molecule has 120 valence electrons. The highest BCUT2D eigenvalue weighted by atomic mass is 19.1. The molecule has 1 saturated heterocycles. The van der Waals surface area contributed by atoms with Crippen LogP contribution in [0.25, 0.3) is 0 Å². The molecule has 1 aromatic heterocycles. The predicted molar refractivity (Wildman–Crippen MR) is 81.2 cm³/mol. The lowest BCUT2D eigenvalue weighted by atomic mass is 10.2. The third kappa shape index (κ3) is 2.68. The van der Waals surface area contributed by atoms with Gasteiger partial charge in [0.25, 0.3) is 0 Å². The monoisotopic (exact) mass is 317 g/mol. The Kier molecular flexibility index (Phi) is 3.49. The Balaban J connectivity index is 1.57. The van der Waals surface area contributed by atoms with Crippen LogP contribution in [-0.2, 0) is 17.9 Å². The van der Waals surface area contributed by atoms with E-state index in [9.17, 15) is 9.18 Å². The second-order valence-corrected chi connectivity index (χ2v) is 5.69. The topological polar surface area (TPSA) is 56.6 Å². The molecule has 1 fully saturated rings. The molecule has 0 spiro atoms. The molecule has 3 heterocycles. The summed E-state index contributed by atoms with van der Waals surface area (Å²) in [6.45, 7) is 2.76. The molecule has 23 heavy (non-hydrogen) atoms. The molecule has 2 aliphatic heterocycles. The first-order chi connectivity index (χ1) is 11.2.